The quantitative estimate of drug-likeness (QED) is 0.698. The van der Waals surface area contributed by atoms with Crippen molar-refractivity contribution in [3.63, 3.8) is 0 Å². The smallest absolute Gasteiger partial charge is 0.223 e. The molecule has 0 fully saturated rings. The molecule has 0 amide bonds. The molecule has 1 heterocycles. The van der Waals surface area contributed by atoms with E-state index < -0.39 is 0 Å². The lowest BCUT2D eigenvalue weighted by Crippen LogP contribution is -2.11. The van der Waals surface area contributed by atoms with E-state index in [1.54, 1.807) is 12.3 Å². The summed E-state index contributed by atoms with van der Waals surface area (Å²) < 4.78 is 5.13. The first-order valence-electron chi connectivity index (χ1n) is 4.41. The van der Waals surface area contributed by atoms with Crippen LogP contribution in [0.3, 0.4) is 0 Å². The molecule has 5 heteroatoms. The molecule has 1 N–H and O–H groups in total. The maximum atomic E-state index is 8.58. The lowest BCUT2D eigenvalue weighted by atomic mass is 10.4. The zero-order valence-electron chi connectivity index (χ0n) is 8.03. The van der Waals surface area contributed by atoms with E-state index in [1.165, 1.54) is 0 Å². The Morgan fingerprint density at radius 3 is 3.21 bits per heavy atom. The average Bonchev–Trinajstić information content (AvgIpc) is 2.25. The van der Waals surface area contributed by atoms with Gasteiger partial charge in [-0.15, -0.1) is 0 Å². The van der Waals surface area contributed by atoms with Gasteiger partial charge < -0.3 is 10.1 Å². The van der Waals surface area contributed by atoms with Crippen LogP contribution in [0.5, 0.6) is 0 Å². The predicted octanol–water partition coefficient (Wildman–Crippen LogP) is 0.797. The van der Waals surface area contributed by atoms with Crippen LogP contribution in [0.4, 0.5) is 5.95 Å². The number of nitrogens with zero attached hydrogens (tertiary/aromatic N) is 3. The van der Waals surface area contributed by atoms with Crippen molar-refractivity contribution in [2.45, 2.75) is 6.92 Å². The van der Waals surface area contributed by atoms with Crippen molar-refractivity contribution in [1.29, 1.82) is 5.26 Å². The molecule has 1 rings (SSSR count). The molecule has 0 aliphatic heterocycles. The van der Waals surface area contributed by atoms with Crippen molar-refractivity contribution in [3.8, 4) is 6.07 Å². The first-order chi connectivity index (χ1) is 6.86. The molecule has 0 atom stereocenters. The Bertz CT molecular complexity index is 321. The maximum Gasteiger partial charge on any atom is 0.223 e. The van der Waals surface area contributed by atoms with Gasteiger partial charge in [-0.3, -0.25) is 0 Å². The van der Waals surface area contributed by atoms with E-state index in [-0.39, 0.29) is 0 Å². The molecule has 5 nitrogen and oxygen atoms in total. The van der Waals surface area contributed by atoms with E-state index in [0.717, 1.165) is 0 Å². The molecule has 1 aromatic heterocycles. The molecule has 74 valence electrons. The van der Waals surface area contributed by atoms with Crippen LogP contribution in [0.25, 0.3) is 0 Å². The third-order valence-electron chi connectivity index (χ3n) is 1.50. The first-order valence-corrected chi connectivity index (χ1v) is 4.41. The second-order valence-corrected chi connectivity index (χ2v) is 2.50. The Kier molecular flexibility index (Phi) is 4.38. The topological polar surface area (TPSA) is 70.8 Å². The predicted molar refractivity (Wildman–Crippen MR) is 51.7 cm³/mol. The molecule has 0 saturated heterocycles. The van der Waals surface area contributed by atoms with Crippen LogP contribution in [0.2, 0.25) is 0 Å². The number of hydrogen-bond acceptors (Lipinski definition) is 5. The van der Waals surface area contributed by atoms with Gasteiger partial charge in [-0.25, -0.2) is 9.97 Å². The lowest BCUT2D eigenvalue weighted by Gasteiger charge is -2.03. The second kappa shape index (κ2) is 5.89. The summed E-state index contributed by atoms with van der Waals surface area (Å²) in [6, 6.07) is 3.51. The monoisotopic (exact) mass is 192 g/mol. The Morgan fingerprint density at radius 1 is 1.64 bits per heavy atom. The van der Waals surface area contributed by atoms with E-state index in [1.807, 2.05) is 13.0 Å². The molecule has 0 saturated carbocycles. The molecule has 1 aromatic rings. The number of hydrogen-bond donors (Lipinski definition) is 1. The van der Waals surface area contributed by atoms with Crippen LogP contribution in [-0.2, 0) is 4.74 Å². The van der Waals surface area contributed by atoms with Crippen LogP contribution in [0.15, 0.2) is 12.3 Å². The number of ether oxygens (including phenoxy) is 1. The Balaban J connectivity index is 2.39. The van der Waals surface area contributed by atoms with Crippen LogP contribution >= 0.6 is 0 Å². The van der Waals surface area contributed by atoms with E-state index in [9.17, 15) is 0 Å². The van der Waals surface area contributed by atoms with Gasteiger partial charge in [-0.05, 0) is 13.0 Å². The van der Waals surface area contributed by atoms with Crippen molar-refractivity contribution in [1.82, 2.24) is 9.97 Å². The lowest BCUT2D eigenvalue weighted by molar-refractivity contribution is 0.158. The van der Waals surface area contributed by atoms with Crippen molar-refractivity contribution in [2.75, 3.05) is 25.1 Å². The Labute approximate surface area is 82.8 Å². The minimum absolute atomic E-state index is 0.360. The highest BCUT2D eigenvalue weighted by Gasteiger charge is 1.96. The molecule has 0 aliphatic carbocycles. The van der Waals surface area contributed by atoms with Gasteiger partial charge in [0.25, 0.3) is 0 Å². The van der Waals surface area contributed by atoms with Crippen LogP contribution in [0.1, 0.15) is 12.6 Å². The molecule has 0 aliphatic rings. The van der Waals surface area contributed by atoms with Gasteiger partial charge >= 0.3 is 0 Å². The summed E-state index contributed by atoms with van der Waals surface area (Å²) >= 11 is 0. The third kappa shape index (κ3) is 3.37. The fourth-order valence-corrected chi connectivity index (χ4v) is 0.885. The number of aromatic nitrogens is 2. The van der Waals surface area contributed by atoms with Crippen molar-refractivity contribution < 1.29 is 4.74 Å². The second-order valence-electron chi connectivity index (χ2n) is 2.50. The van der Waals surface area contributed by atoms with Crippen molar-refractivity contribution in [2.24, 2.45) is 0 Å². The highest BCUT2D eigenvalue weighted by Crippen LogP contribution is 1.97. The fraction of sp³-hybridized carbons (Fsp3) is 0.444. The van der Waals surface area contributed by atoms with Gasteiger partial charge in [-0.2, -0.15) is 5.26 Å². The molecule has 0 bridgehead atoms. The summed E-state index contributed by atoms with van der Waals surface area (Å²) in [4.78, 5) is 7.91. The zero-order valence-corrected chi connectivity index (χ0v) is 8.03. The first kappa shape index (κ1) is 10.4. The summed E-state index contributed by atoms with van der Waals surface area (Å²) in [5, 5.41) is 11.5. The molecule has 0 aromatic carbocycles. The summed E-state index contributed by atoms with van der Waals surface area (Å²) in [5.74, 6) is 0.462. The fourth-order valence-electron chi connectivity index (χ4n) is 0.885. The molecule has 0 radical (unpaired) electrons. The molecule has 0 unspecified atom stereocenters. The number of rotatable bonds is 5. The van der Waals surface area contributed by atoms with Crippen molar-refractivity contribution >= 4 is 5.95 Å². The van der Waals surface area contributed by atoms with E-state index in [4.69, 9.17) is 10.00 Å². The summed E-state index contributed by atoms with van der Waals surface area (Å²) in [7, 11) is 0. The van der Waals surface area contributed by atoms with Crippen LogP contribution < -0.4 is 5.32 Å². The van der Waals surface area contributed by atoms with Crippen molar-refractivity contribution in [3.05, 3.63) is 18.0 Å². The van der Waals surface area contributed by atoms with Gasteiger partial charge in [-0.1, -0.05) is 0 Å². The van der Waals surface area contributed by atoms with Gasteiger partial charge in [0.05, 0.1) is 6.61 Å². The normalized spacial score (nSPS) is 9.43. The third-order valence-corrected chi connectivity index (χ3v) is 1.50. The summed E-state index contributed by atoms with van der Waals surface area (Å²) in [6.07, 6.45) is 1.55. The van der Waals surface area contributed by atoms with E-state index >= 15 is 0 Å². The summed E-state index contributed by atoms with van der Waals surface area (Å²) in [5.41, 5.74) is 0.360. The SMILES string of the molecule is CCOCCNc1nccc(C#N)n1. The number of anilines is 1. The van der Waals surface area contributed by atoms with Gasteiger partial charge in [0.2, 0.25) is 5.95 Å². The van der Waals surface area contributed by atoms with Crippen LogP contribution in [0, 0.1) is 11.3 Å². The molecule has 0 spiro atoms. The largest absolute Gasteiger partial charge is 0.380 e. The minimum atomic E-state index is 0.360. The molecular weight excluding hydrogens is 180 g/mol. The average molecular weight is 192 g/mol. The number of nitrogens with one attached hydrogen (secondary N) is 1. The van der Waals surface area contributed by atoms with E-state index in [2.05, 4.69) is 15.3 Å². The Morgan fingerprint density at radius 2 is 2.50 bits per heavy atom. The Hall–Kier alpha value is -1.67. The molecule has 14 heavy (non-hydrogen) atoms. The molecular formula is C9H12N4O. The van der Waals surface area contributed by atoms with Gasteiger partial charge in [0.15, 0.2) is 0 Å². The summed E-state index contributed by atoms with van der Waals surface area (Å²) in [6.45, 7) is 3.88. The van der Waals surface area contributed by atoms with E-state index in [0.29, 0.717) is 31.4 Å². The maximum absolute atomic E-state index is 8.58. The minimum Gasteiger partial charge on any atom is -0.380 e. The standard InChI is InChI=1S/C9H12N4O/c1-2-14-6-5-12-9-11-4-3-8(7-10)13-9/h3-4H,2,5-6H2,1H3,(H,11,12,13). The van der Waals surface area contributed by atoms with Gasteiger partial charge in [0.1, 0.15) is 11.8 Å². The zero-order chi connectivity index (χ0) is 10.2. The van der Waals surface area contributed by atoms with Gasteiger partial charge in [0, 0.05) is 19.3 Å². The number of nitriles is 1. The highest BCUT2D eigenvalue weighted by molar-refractivity contribution is 5.29. The highest BCUT2D eigenvalue weighted by atomic mass is 16.5. The van der Waals surface area contributed by atoms with Crippen LogP contribution in [-0.4, -0.2) is 29.7 Å².